The fourth-order valence-corrected chi connectivity index (χ4v) is 2.99. The van der Waals surface area contributed by atoms with Crippen LogP contribution in [0, 0.1) is 6.92 Å². The molecule has 0 amide bonds. The van der Waals surface area contributed by atoms with Gasteiger partial charge in [-0.25, -0.2) is 0 Å². The first kappa shape index (κ1) is 15.8. The van der Waals surface area contributed by atoms with Crippen LogP contribution in [-0.2, 0) is 9.53 Å². The van der Waals surface area contributed by atoms with Crippen molar-refractivity contribution in [3.63, 3.8) is 0 Å². The number of esters is 1. The summed E-state index contributed by atoms with van der Waals surface area (Å²) in [6.07, 6.45) is 2.33. The monoisotopic (exact) mass is 291 g/mol. The Hall–Kier alpha value is -1.55. The van der Waals surface area contributed by atoms with Gasteiger partial charge in [0.05, 0.1) is 6.61 Å². The second-order valence-electron chi connectivity index (χ2n) is 5.58. The summed E-state index contributed by atoms with van der Waals surface area (Å²) >= 11 is 0. The number of carbonyl (C=O) groups is 1. The highest BCUT2D eigenvalue weighted by molar-refractivity contribution is 5.81. The number of carbonyl (C=O) groups excluding carboxylic acids is 1. The van der Waals surface area contributed by atoms with Crippen molar-refractivity contribution in [2.24, 2.45) is 0 Å². The van der Waals surface area contributed by atoms with Crippen molar-refractivity contribution in [3.8, 4) is 5.75 Å². The molecule has 1 aromatic carbocycles. The summed E-state index contributed by atoms with van der Waals surface area (Å²) in [6, 6.07) is 7.98. The molecule has 0 aliphatic heterocycles. The molecule has 0 bridgehead atoms. The topological polar surface area (TPSA) is 47.6 Å². The normalized spacial score (nSPS) is 24.8. The fourth-order valence-electron chi connectivity index (χ4n) is 2.99. The molecule has 1 N–H and O–H groups in total. The second kappa shape index (κ2) is 6.94. The Bertz CT molecular complexity index is 489. The number of benzene rings is 1. The molecule has 2 rings (SSSR count). The summed E-state index contributed by atoms with van der Waals surface area (Å²) in [5.41, 5.74) is 0.535. The SMILES string of the molecule is CCNC1(C(=O)OCC)CCC(Oc2ccccc2C)C1. The minimum absolute atomic E-state index is 0.0505. The molecule has 0 saturated heterocycles. The maximum Gasteiger partial charge on any atom is 0.326 e. The average molecular weight is 291 g/mol. The predicted octanol–water partition coefficient (Wildman–Crippen LogP) is 2.84. The molecule has 0 radical (unpaired) electrons. The third kappa shape index (κ3) is 3.56. The molecule has 0 spiro atoms. The van der Waals surface area contributed by atoms with E-state index in [1.165, 1.54) is 0 Å². The van der Waals surface area contributed by atoms with Crippen LogP contribution in [0.15, 0.2) is 24.3 Å². The molecule has 1 fully saturated rings. The largest absolute Gasteiger partial charge is 0.490 e. The minimum atomic E-state index is -0.585. The number of hydrogen-bond acceptors (Lipinski definition) is 4. The summed E-state index contributed by atoms with van der Waals surface area (Å²) < 4.78 is 11.3. The van der Waals surface area contributed by atoms with Gasteiger partial charge in [0.15, 0.2) is 0 Å². The van der Waals surface area contributed by atoms with E-state index < -0.39 is 5.54 Å². The van der Waals surface area contributed by atoms with Crippen LogP contribution in [0.4, 0.5) is 0 Å². The van der Waals surface area contributed by atoms with E-state index in [9.17, 15) is 4.79 Å². The van der Waals surface area contributed by atoms with E-state index in [2.05, 4.69) is 5.32 Å². The zero-order valence-corrected chi connectivity index (χ0v) is 13.1. The lowest BCUT2D eigenvalue weighted by Gasteiger charge is -2.27. The molecule has 4 nitrogen and oxygen atoms in total. The van der Waals surface area contributed by atoms with Gasteiger partial charge in [-0.05, 0) is 44.9 Å². The first-order chi connectivity index (χ1) is 10.1. The molecule has 1 aromatic rings. The standard InChI is InChI=1S/C17H25NO3/c1-4-18-17(16(19)20-5-2)11-10-14(12-17)21-15-9-7-6-8-13(15)3/h6-9,14,18H,4-5,10-12H2,1-3H3. The maximum absolute atomic E-state index is 12.3. The van der Waals surface area contributed by atoms with Crippen LogP contribution in [0.1, 0.15) is 38.7 Å². The molecular formula is C17H25NO3. The molecule has 2 atom stereocenters. The van der Waals surface area contributed by atoms with E-state index >= 15 is 0 Å². The number of ether oxygens (including phenoxy) is 2. The van der Waals surface area contributed by atoms with E-state index in [1.807, 2.05) is 45.0 Å². The van der Waals surface area contributed by atoms with Gasteiger partial charge in [0.25, 0.3) is 0 Å². The van der Waals surface area contributed by atoms with Crippen molar-refractivity contribution in [2.75, 3.05) is 13.2 Å². The zero-order valence-electron chi connectivity index (χ0n) is 13.1. The minimum Gasteiger partial charge on any atom is -0.490 e. The summed E-state index contributed by atoms with van der Waals surface area (Å²) in [7, 11) is 0. The summed E-state index contributed by atoms with van der Waals surface area (Å²) in [5, 5.41) is 3.32. The number of rotatable bonds is 6. The zero-order chi connectivity index (χ0) is 15.3. The lowest BCUT2D eigenvalue weighted by molar-refractivity contribution is -0.151. The van der Waals surface area contributed by atoms with Crippen LogP contribution in [0.2, 0.25) is 0 Å². The van der Waals surface area contributed by atoms with Crippen molar-refractivity contribution < 1.29 is 14.3 Å². The van der Waals surface area contributed by atoms with E-state index in [-0.39, 0.29) is 12.1 Å². The molecule has 0 aromatic heterocycles. The van der Waals surface area contributed by atoms with Gasteiger partial charge in [-0.3, -0.25) is 4.79 Å². The molecule has 1 aliphatic carbocycles. The highest BCUT2D eigenvalue weighted by atomic mass is 16.5. The lowest BCUT2D eigenvalue weighted by Crippen LogP contribution is -2.51. The predicted molar refractivity (Wildman–Crippen MR) is 82.5 cm³/mol. The number of hydrogen-bond donors (Lipinski definition) is 1. The molecule has 21 heavy (non-hydrogen) atoms. The Labute approximate surface area is 126 Å². The Morgan fingerprint density at radius 3 is 2.81 bits per heavy atom. The van der Waals surface area contributed by atoms with Gasteiger partial charge in [0.1, 0.15) is 17.4 Å². The third-order valence-electron chi connectivity index (χ3n) is 4.04. The fraction of sp³-hybridized carbons (Fsp3) is 0.588. The van der Waals surface area contributed by atoms with Crippen LogP contribution >= 0.6 is 0 Å². The van der Waals surface area contributed by atoms with Crippen LogP contribution in [0.25, 0.3) is 0 Å². The number of likely N-dealkylation sites (N-methyl/N-ethyl adjacent to an activating group) is 1. The molecule has 116 valence electrons. The van der Waals surface area contributed by atoms with Crippen LogP contribution in [0.3, 0.4) is 0 Å². The van der Waals surface area contributed by atoms with E-state index in [4.69, 9.17) is 9.47 Å². The Balaban J connectivity index is 2.06. The smallest absolute Gasteiger partial charge is 0.326 e. The molecule has 0 heterocycles. The first-order valence-corrected chi connectivity index (χ1v) is 7.76. The molecule has 1 aliphatic rings. The van der Waals surface area contributed by atoms with Crippen LogP contribution < -0.4 is 10.1 Å². The van der Waals surface area contributed by atoms with Gasteiger partial charge in [0, 0.05) is 6.42 Å². The van der Waals surface area contributed by atoms with Gasteiger partial charge in [-0.2, -0.15) is 0 Å². The van der Waals surface area contributed by atoms with E-state index in [0.717, 1.165) is 30.7 Å². The summed E-state index contributed by atoms with van der Waals surface area (Å²) in [5.74, 6) is 0.751. The Morgan fingerprint density at radius 1 is 1.38 bits per heavy atom. The van der Waals surface area contributed by atoms with Crippen molar-refractivity contribution >= 4 is 5.97 Å². The number of aryl methyl sites for hydroxylation is 1. The Kier molecular flexibility index (Phi) is 5.23. The van der Waals surface area contributed by atoms with Gasteiger partial charge >= 0.3 is 5.97 Å². The first-order valence-electron chi connectivity index (χ1n) is 7.76. The highest BCUT2D eigenvalue weighted by Gasteiger charge is 2.46. The average Bonchev–Trinajstić information content (AvgIpc) is 2.87. The van der Waals surface area contributed by atoms with Crippen molar-refractivity contribution in [1.29, 1.82) is 0 Å². The summed E-state index contributed by atoms with van der Waals surface area (Å²) in [4.78, 5) is 12.3. The van der Waals surface area contributed by atoms with Crippen LogP contribution in [0.5, 0.6) is 5.75 Å². The number of nitrogens with one attached hydrogen (secondary N) is 1. The van der Waals surface area contributed by atoms with Crippen molar-refractivity contribution in [1.82, 2.24) is 5.32 Å². The third-order valence-corrected chi connectivity index (χ3v) is 4.04. The maximum atomic E-state index is 12.3. The van der Waals surface area contributed by atoms with Crippen molar-refractivity contribution in [2.45, 2.75) is 51.7 Å². The van der Waals surface area contributed by atoms with Gasteiger partial charge in [-0.15, -0.1) is 0 Å². The number of para-hydroxylation sites is 1. The molecule has 2 unspecified atom stereocenters. The second-order valence-corrected chi connectivity index (χ2v) is 5.58. The lowest BCUT2D eigenvalue weighted by atomic mass is 9.97. The quantitative estimate of drug-likeness (QED) is 0.819. The van der Waals surface area contributed by atoms with E-state index in [1.54, 1.807) is 0 Å². The molecular weight excluding hydrogens is 266 g/mol. The Morgan fingerprint density at radius 2 is 2.14 bits per heavy atom. The molecule has 4 heteroatoms. The van der Waals surface area contributed by atoms with Gasteiger partial charge < -0.3 is 14.8 Å². The van der Waals surface area contributed by atoms with Gasteiger partial charge in [-0.1, -0.05) is 25.1 Å². The van der Waals surface area contributed by atoms with Gasteiger partial charge in [0.2, 0.25) is 0 Å². The molecule has 1 saturated carbocycles. The van der Waals surface area contributed by atoms with Crippen molar-refractivity contribution in [3.05, 3.63) is 29.8 Å². The van der Waals surface area contributed by atoms with Crippen LogP contribution in [-0.4, -0.2) is 30.8 Å². The summed E-state index contributed by atoms with van der Waals surface area (Å²) in [6.45, 7) is 7.04. The van der Waals surface area contributed by atoms with E-state index in [0.29, 0.717) is 13.0 Å². The highest BCUT2D eigenvalue weighted by Crippen LogP contribution is 2.34.